The van der Waals surface area contributed by atoms with Crippen LogP contribution in [0.3, 0.4) is 0 Å². The Balaban J connectivity index is 1.82. The monoisotopic (exact) mass is 380 g/mol. The molecular weight excluding hydrogens is 368 g/mol. The summed E-state index contributed by atoms with van der Waals surface area (Å²) in [7, 11) is -4.14. The van der Waals surface area contributed by atoms with Gasteiger partial charge in [0.05, 0.1) is 22.0 Å². The quantitative estimate of drug-likeness (QED) is 0.434. The van der Waals surface area contributed by atoms with Gasteiger partial charge in [-0.3, -0.25) is 15.2 Å². The highest BCUT2D eigenvalue weighted by atomic mass is 32.2. The minimum atomic E-state index is -4.14. The van der Waals surface area contributed by atoms with E-state index in [0.29, 0.717) is 11.6 Å². The first-order valence-corrected chi connectivity index (χ1v) is 9.27. The minimum Gasteiger partial charge on any atom is -0.377 e. The van der Waals surface area contributed by atoms with Gasteiger partial charge in [0.25, 0.3) is 5.69 Å². The summed E-state index contributed by atoms with van der Waals surface area (Å²) in [5.74, 6) is 1.00. The van der Waals surface area contributed by atoms with E-state index in [1.54, 1.807) is 0 Å². The molecule has 0 aliphatic carbocycles. The average molecular weight is 380 g/mol. The zero-order valence-electron chi connectivity index (χ0n) is 12.5. The van der Waals surface area contributed by atoms with E-state index >= 15 is 0 Å². The van der Waals surface area contributed by atoms with Crippen LogP contribution in [-0.4, -0.2) is 28.5 Å². The van der Waals surface area contributed by atoms with Crippen molar-refractivity contribution in [2.24, 2.45) is 5.14 Å². The van der Waals surface area contributed by atoms with Crippen LogP contribution in [-0.2, 0) is 16.6 Å². The zero-order valence-corrected chi connectivity index (χ0v) is 14.2. The summed E-state index contributed by atoms with van der Waals surface area (Å²) >= 11 is 1.49. The second kappa shape index (κ2) is 6.58. The zero-order chi connectivity index (χ0) is 18.0. The number of rotatable bonds is 6. The van der Waals surface area contributed by atoms with E-state index in [-0.39, 0.29) is 22.8 Å². The molecule has 0 aliphatic heterocycles. The fourth-order valence-electron chi connectivity index (χ4n) is 2.08. The first kappa shape index (κ1) is 17.0. The van der Waals surface area contributed by atoms with Gasteiger partial charge in [0.1, 0.15) is 10.7 Å². The number of hydrogen-bond acceptors (Lipinski definition) is 8. The second-order valence-corrected chi connectivity index (χ2v) is 7.40. The highest BCUT2D eigenvalue weighted by Crippen LogP contribution is 2.26. The predicted molar refractivity (Wildman–Crippen MR) is 91.5 cm³/mol. The van der Waals surface area contributed by atoms with Crippen molar-refractivity contribution in [1.29, 1.82) is 0 Å². The van der Waals surface area contributed by atoms with Gasteiger partial charge in [-0.15, -0.1) is 11.3 Å². The van der Waals surface area contributed by atoms with Gasteiger partial charge in [0.2, 0.25) is 10.0 Å². The Bertz CT molecular complexity index is 1010. The van der Waals surface area contributed by atoms with E-state index in [1.807, 2.05) is 17.5 Å². The number of H-pyrrole nitrogens is 1. The van der Waals surface area contributed by atoms with Gasteiger partial charge in [-0.2, -0.15) is 5.10 Å². The average Bonchev–Trinajstić information content (AvgIpc) is 3.23. The Hall–Kier alpha value is -2.83. The molecule has 0 radical (unpaired) electrons. The molecule has 0 saturated heterocycles. The molecule has 130 valence electrons. The highest BCUT2D eigenvalue weighted by Gasteiger charge is 2.19. The van der Waals surface area contributed by atoms with Crippen LogP contribution in [0.2, 0.25) is 0 Å². The first-order chi connectivity index (χ1) is 11.8. The largest absolute Gasteiger partial charge is 0.377 e. The Morgan fingerprint density at radius 1 is 1.36 bits per heavy atom. The van der Waals surface area contributed by atoms with Crippen LogP contribution in [0.25, 0.3) is 10.7 Å². The Kier molecular flexibility index (Phi) is 4.48. The molecule has 2 heterocycles. The van der Waals surface area contributed by atoms with Crippen molar-refractivity contribution in [2.75, 3.05) is 5.32 Å². The lowest BCUT2D eigenvalue weighted by atomic mass is 10.3. The molecule has 0 fully saturated rings. The predicted octanol–water partition coefficient (Wildman–Crippen LogP) is 1.70. The number of primary sulfonamides is 1. The van der Waals surface area contributed by atoms with Crippen LogP contribution in [0.15, 0.2) is 40.6 Å². The molecule has 0 saturated carbocycles. The standard InChI is InChI=1S/C13H12N6O4S2/c14-25(22,23)11-6-8(19(20)21)3-4-9(11)15-7-12-16-13(18-17-12)10-2-1-5-24-10/h1-6,15H,7H2,(H2,14,22,23)(H,16,17,18). The molecular formula is C13H12N6O4S2. The first-order valence-electron chi connectivity index (χ1n) is 6.85. The number of nitrogens with zero attached hydrogens (tertiary/aromatic N) is 3. The van der Waals surface area contributed by atoms with Gasteiger partial charge in [0.15, 0.2) is 5.82 Å². The van der Waals surface area contributed by atoms with E-state index in [0.717, 1.165) is 10.9 Å². The maximum absolute atomic E-state index is 11.7. The molecule has 1 aromatic carbocycles. The number of nitro groups is 1. The number of nitro benzene ring substituents is 1. The molecule has 0 spiro atoms. The number of sulfonamides is 1. The number of aromatic nitrogens is 3. The van der Waals surface area contributed by atoms with E-state index in [4.69, 9.17) is 5.14 Å². The lowest BCUT2D eigenvalue weighted by Crippen LogP contribution is -2.15. The lowest BCUT2D eigenvalue weighted by Gasteiger charge is -2.09. The normalized spacial score (nSPS) is 11.4. The number of nitrogens with one attached hydrogen (secondary N) is 2. The Morgan fingerprint density at radius 3 is 2.80 bits per heavy atom. The van der Waals surface area contributed by atoms with Gasteiger partial charge in [-0.05, 0) is 17.5 Å². The summed E-state index contributed by atoms with van der Waals surface area (Å²) in [6, 6.07) is 7.14. The number of non-ortho nitro benzene ring substituents is 1. The molecule has 0 bridgehead atoms. The summed E-state index contributed by atoms with van der Waals surface area (Å²) < 4.78 is 23.4. The Labute approximate surface area is 145 Å². The summed E-state index contributed by atoms with van der Waals surface area (Å²) in [4.78, 5) is 14.9. The van der Waals surface area contributed by atoms with Gasteiger partial charge < -0.3 is 5.32 Å². The highest BCUT2D eigenvalue weighted by molar-refractivity contribution is 7.89. The van der Waals surface area contributed by atoms with Gasteiger partial charge in [0, 0.05) is 12.1 Å². The summed E-state index contributed by atoms with van der Waals surface area (Å²) in [5, 5.41) is 27.5. The number of aromatic amines is 1. The summed E-state index contributed by atoms with van der Waals surface area (Å²) in [6.45, 7) is 0.138. The molecule has 0 unspecified atom stereocenters. The molecule has 0 atom stereocenters. The molecule has 25 heavy (non-hydrogen) atoms. The van der Waals surface area contributed by atoms with Crippen LogP contribution in [0, 0.1) is 10.1 Å². The third kappa shape index (κ3) is 3.81. The summed E-state index contributed by atoms with van der Waals surface area (Å²) in [5.41, 5.74) is -0.226. The maximum atomic E-state index is 11.7. The number of anilines is 1. The van der Waals surface area contributed by atoms with E-state index in [2.05, 4.69) is 20.5 Å². The third-order valence-corrected chi connectivity index (χ3v) is 5.02. The molecule has 0 amide bonds. The van der Waals surface area contributed by atoms with Crippen LogP contribution < -0.4 is 10.5 Å². The summed E-state index contributed by atoms with van der Waals surface area (Å²) in [6.07, 6.45) is 0. The van der Waals surface area contributed by atoms with Crippen molar-refractivity contribution in [3.05, 3.63) is 51.7 Å². The molecule has 2 aromatic heterocycles. The van der Waals surface area contributed by atoms with E-state index < -0.39 is 14.9 Å². The number of benzene rings is 1. The van der Waals surface area contributed by atoms with E-state index in [1.165, 1.54) is 23.5 Å². The van der Waals surface area contributed by atoms with Crippen molar-refractivity contribution in [2.45, 2.75) is 11.4 Å². The van der Waals surface area contributed by atoms with Crippen LogP contribution in [0.1, 0.15) is 5.82 Å². The third-order valence-electron chi connectivity index (χ3n) is 3.20. The van der Waals surface area contributed by atoms with Crippen molar-refractivity contribution in [1.82, 2.24) is 15.2 Å². The second-order valence-electron chi connectivity index (χ2n) is 4.92. The maximum Gasteiger partial charge on any atom is 0.270 e. The van der Waals surface area contributed by atoms with Crippen LogP contribution in [0.4, 0.5) is 11.4 Å². The van der Waals surface area contributed by atoms with Crippen LogP contribution >= 0.6 is 11.3 Å². The molecule has 0 aliphatic rings. The van der Waals surface area contributed by atoms with Gasteiger partial charge >= 0.3 is 0 Å². The Morgan fingerprint density at radius 2 is 2.16 bits per heavy atom. The molecule has 10 nitrogen and oxygen atoms in total. The fraction of sp³-hybridized carbons (Fsp3) is 0.0769. The van der Waals surface area contributed by atoms with Gasteiger partial charge in [-0.1, -0.05) is 6.07 Å². The van der Waals surface area contributed by atoms with Crippen molar-refractivity contribution < 1.29 is 13.3 Å². The number of thiophene rings is 1. The lowest BCUT2D eigenvalue weighted by molar-refractivity contribution is -0.385. The smallest absolute Gasteiger partial charge is 0.270 e. The molecule has 3 aromatic rings. The topological polar surface area (TPSA) is 157 Å². The van der Waals surface area contributed by atoms with Crippen molar-refractivity contribution in [3.63, 3.8) is 0 Å². The van der Waals surface area contributed by atoms with Crippen LogP contribution in [0.5, 0.6) is 0 Å². The van der Waals surface area contributed by atoms with E-state index in [9.17, 15) is 18.5 Å². The van der Waals surface area contributed by atoms with Crippen molar-refractivity contribution >= 4 is 32.7 Å². The SMILES string of the molecule is NS(=O)(=O)c1cc([N+](=O)[O-])ccc1NCc1nc(-c2cccs2)n[nH]1. The van der Waals surface area contributed by atoms with Gasteiger partial charge in [-0.25, -0.2) is 18.5 Å². The fourth-order valence-corrected chi connectivity index (χ4v) is 3.46. The van der Waals surface area contributed by atoms with Crippen molar-refractivity contribution in [3.8, 4) is 10.7 Å². The number of hydrogen-bond donors (Lipinski definition) is 3. The molecule has 3 rings (SSSR count). The molecule has 12 heteroatoms. The number of nitrogens with two attached hydrogens (primary N) is 1. The molecule has 4 N–H and O–H groups in total. The minimum absolute atomic E-state index is 0.138.